The number of carbonyl (C=O) groups excluding carboxylic acids is 1. The first-order chi connectivity index (χ1) is 11.5. The summed E-state index contributed by atoms with van der Waals surface area (Å²) in [6, 6.07) is 13.4. The van der Waals surface area contributed by atoms with Crippen LogP contribution in [0.15, 0.2) is 53.7 Å². The molecule has 7 heteroatoms. The van der Waals surface area contributed by atoms with Crippen LogP contribution in [0.5, 0.6) is 5.75 Å². The lowest BCUT2D eigenvalue weighted by atomic mass is 10.1. The fraction of sp³-hybridized carbons (Fsp3) is 0.176. The number of carbonyl (C=O) groups is 1. The van der Waals surface area contributed by atoms with Gasteiger partial charge in [-0.3, -0.25) is 4.79 Å². The smallest absolute Gasteiger partial charge is 0.387 e. The van der Waals surface area contributed by atoms with Crippen LogP contribution in [0.4, 0.5) is 8.78 Å². The minimum atomic E-state index is -2.88. The topological polar surface area (TPSA) is 44.1 Å². The monoisotopic (exact) mass is 348 g/mol. The second kappa shape index (κ2) is 7.00. The Morgan fingerprint density at radius 2 is 1.92 bits per heavy atom. The largest absolute Gasteiger partial charge is 0.435 e. The van der Waals surface area contributed by atoms with E-state index in [0.717, 1.165) is 16.2 Å². The van der Waals surface area contributed by atoms with Crippen molar-refractivity contribution in [2.45, 2.75) is 11.8 Å². The van der Waals surface area contributed by atoms with Crippen LogP contribution < -0.4 is 4.74 Å². The van der Waals surface area contributed by atoms with E-state index in [9.17, 15) is 13.6 Å². The van der Waals surface area contributed by atoms with Gasteiger partial charge >= 0.3 is 6.61 Å². The predicted octanol–water partition coefficient (Wildman–Crippen LogP) is 4.15. The van der Waals surface area contributed by atoms with Crippen LogP contribution in [0, 0.1) is 0 Å². The fourth-order valence-corrected chi connectivity index (χ4v) is 3.17. The van der Waals surface area contributed by atoms with Gasteiger partial charge in [0.1, 0.15) is 5.75 Å². The molecule has 0 saturated heterocycles. The highest BCUT2D eigenvalue weighted by Gasteiger charge is 2.12. The molecule has 1 aromatic heterocycles. The lowest BCUT2D eigenvalue weighted by molar-refractivity contribution is -0.0498. The molecule has 0 N–H and O–H groups in total. The highest BCUT2D eigenvalue weighted by molar-refractivity contribution is 7.99. The van der Waals surface area contributed by atoms with Crippen LogP contribution in [0.1, 0.15) is 10.4 Å². The van der Waals surface area contributed by atoms with Crippen molar-refractivity contribution in [3.63, 3.8) is 0 Å². The number of thioether (sulfide) groups is 1. The van der Waals surface area contributed by atoms with Gasteiger partial charge in [-0.05, 0) is 36.4 Å². The number of hydrogen-bond acceptors (Lipinski definition) is 4. The fourth-order valence-electron chi connectivity index (χ4n) is 2.29. The molecule has 0 spiro atoms. The Balaban J connectivity index is 1.67. The summed E-state index contributed by atoms with van der Waals surface area (Å²) in [7, 11) is 1.90. The van der Waals surface area contributed by atoms with Crippen molar-refractivity contribution in [3.8, 4) is 5.75 Å². The molecule has 0 atom stereocenters. The molecule has 3 rings (SSSR count). The lowest BCUT2D eigenvalue weighted by Gasteiger charge is -2.05. The maximum Gasteiger partial charge on any atom is 0.387 e. The molecule has 0 bridgehead atoms. The molecule has 0 saturated carbocycles. The van der Waals surface area contributed by atoms with Crippen molar-refractivity contribution in [2.75, 3.05) is 5.75 Å². The van der Waals surface area contributed by atoms with Gasteiger partial charge < -0.3 is 9.30 Å². The molecule has 3 aromatic rings. The number of imidazole rings is 1. The van der Waals surface area contributed by atoms with E-state index in [-0.39, 0.29) is 17.3 Å². The SMILES string of the molecule is Cn1c(SCC(=O)c2ccc(OC(F)F)cc2)nc2ccccc21. The molecule has 0 aliphatic carbocycles. The molecule has 0 aliphatic heterocycles. The number of rotatable bonds is 6. The van der Waals surface area contributed by atoms with E-state index in [0.29, 0.717) is 5.56 Å². The van der Waals surface area contributed by atoms with Crippen LogP contribution >= 0.6 is 11.8 Å². The van der Waals surface area contributed by atoms with Gasteiger partial charge in [-0.25, -0.2) is 4.98 Å². The number of ether oxygens (including phenoxy) is 1. The standard InChI is InChI=1S/C17H14F2N2O2S/c1-21-14-5-3-2-4-13(14)20-17(21)24-10-15(22)11-6-8-12(9-7-11)23-16(18)19/h2-9,16H,10H2,1H3. The van der Waals surface area contributed by atoms with Gasteiger partial charge in [0.15, 0.2) is 10.9 Å². The number of hydrogen-bond donors (Lipinski definition) is 0. The second-order valence-corrected chi connectivity index (χ2v) is 6.00. The Morgan fingerprint density at radius 3 is 2.58 bits per heavy atom. The zero-order valence-corrected chi connectivity index (χ0v) is 13.6. The number of benzene rings is 2. The van der Waals surface area contributed by atoms with E-state index in [1.54, 1.807) is 0 Å². The molecular weight excluding hydrogens is 334 g/mol. The molecule has 24 heavy (non-hydrogen) atoms. The van der Waals surface area contributed by atoms with E-state index < -0.39 is 6.61 Å². The molecule has 0 unspecified atom stereocenters. The van der Waals surface area contributed by atoms with Gasteiger partial charge in [-0.15, -0.1) is 0 Å². The van der Waals surface area contributed by atoms with E-state index in [2.05, 4.69) is 9.72 Å². The molecule has 1 heterocycles. The summed E-state index contributed by atoms with van der Waals surface area (Å²) in [5, 5.41) is 0.752. The van der Waals surface area contributed by atoms with Crippen molar-refractivity contribution in [1.29, 1.82) is 0 Å². The summed E-state index contributed by atoms with van der Waals surface area (Å²) < 4.78 is 30.4. The van der Waals surface area contributed by atoms with Crippen LogP contribution in [0.2, 0.25) is 0 Å². The molecule has 0 amide bonds. The van der Waals surface area contributed by atoms with Crippen LogP contribution in [0.3, 0.4) is 0 Å². The first-order valence-electron chi connectivity index (χ1n) is 7.17. The molecular formula is C17H14F2N2O2S. The van der Waals surface area contributed by atoms with E-state index in [1.165, 1.54) is 36.0 Å². The van der Waals surface area contributed by atoms with Gasteiger partial charge in [-0.2, -0.15) is 8.78 Å². The normalized spacial score (nSPS) is 11.2. The Morgan fingerprint density at radius 1 is 1.21 bits per heavy atom. The van der Waals surface area contributed by atoms with Gasteiger partial charge in [0.05, 0.1) is 16.8 Å². The Labute approximate surface area is 141 Å². The zero-order valence-electron chi connectivity index (χ0n) is 12.8. The van der Waals surface area contributed by atoms with Gasteiger partial charge in [0, 0.05) is 12.6 Å². The van der Waals surface area contributed by atoms with Gasteiger partial charge in [0.2, 0.25) is 0 Å². The first kappa shape index (κ1) is 16.4. The Hall–Kier alpha value is -2.41. The van der Waals surface area contributed by atoms with Crippen molar-refractivity contribution in [3.05, 3.63) is 54.1 Å². The zero-order chi connectivity index (χ0) is 17.1. The maximum atomic E-state index is 12.2. The minimum Gasteiger partial charge on any atom is -0.435 e. The minimum absolute atomic E-state index is 0.0320. The molecule has 0 fully saturated rings. The summed E-state index contributed by atoms with van der Waals surface area (Å²) in [6.45, 7) is -2.88. The summed E-state index contributed by atoms with van der Waals surface area (Å²) in [4.78, 5) is 16.7. The van der Waals surface area contributed by atoms with E-state index in [4.69, 9.17) is 0 Å². The number of Topliss-reactive ketones (excluding diaryl/α,β-unsaturated/α-hetero) is 1. The Kier molecular flexibility index (Phi) is 4.80. The molecule has 4 nitrogen and oxygen atoms in total. The predicted molar refractivity (Wildman–Crippen MR) is 88.8 cm³/mol. The van der Waals surface area contributed by atoms with Crippen LogP contribution in [0.25, 0.3) is 11.0 Å². The molecule has 124 valence electrons. The molecule has 0 radical (unpaired) electrons. The maximum absolute atomic E-state index is 12.2. The highest BCUT2D eigenvalue weighted by atomic mass is 32.2. The van der Waals surface area contributed by atoms with E-state index in [1.807, 2.05) is 35.9 Å². The van der Waals surface area contributed by atoms with Crippen LogP contribution in [-0.2, 0) is 7.05 Å². The van der Waals surface area contributed by atoms with Gasteiger partial charge in [-0.1, -0.05) is 23.9 Å². The number of halogens is 2. The van der Waals surface area contributed by atoms with Crippen molar-refractivity contribution < 1.29 is 18.3 Å². The lowest BCUT2D eigenvalue weighted by Crippen LogP contribution is -2.05. The number of fused-ring (bicyclic) bond motifs is 1. The van der Waals surface area contributed by atoms with Crippen molar-refractivity contribution in [1.82, 2.24) is 9.55 Å². The third-order valence-corrected chi connectivity index (χ3v) is 4.51. The highest BCUT2D eigenvalue weighted by Crippen LogP contribution is 2.24. The number of nitrogens with zero attached hydrogens (tertiary/aromatic N) is 2. The number of aryl methyl sites for hydroxylation is 1. The third kappa shape index (κ3) is 3.56. The molecule has 2 aromatic carbocycles. The summed E-state index contributed by atoms with van der Waals surface area (Å²) in [6.07, 6.45) is 0. The number of ketones is 1. The summed E-state index contributed by atoms with van der Waals surface area (Å²) in [5.74, 6) is 0.145. The third-order valence-electron chi connectivity index (χ3n) is 3.48. The van der Waals surface area contributed by atoms with Crippen LogP contribution in [-0.4, -0.2) is 27.7 Å². The van der Waals surface area contributed by atoms with Crippen molar-refractivity contribution >= 4 is 28.6 Å². The first-order valence-corrected chi connectivity index (χ1v) is 8.15. The quantitative estimate of drug-likeness (QED) is 0.496. The average molecular weight is 348 g/mol. The number of alkyl halides is 2. The Bertz CT molecular complexity index is 863. The summed E-state index contributed by atoms with van der Waals surface area (Å²) in [5.41, 5.74) is 2.33. The molecule has 0 aliphatic rings. The van der Waals surface area contributed by atoms with Crippen molar-refractivity contribution in [2.24, 2.45) is 7.05 Å². The van der Waals surface area contributed by atoms with E-state index >= 15 is 0 Å². The number of para-hydroxylation sites is 2. The van der Waals surface area contributed by atoms with Gasteiger partial charge in [0.25, 0.3) is 0 Å². The summed E-state index contributed by atoms with van der Waals surface area (Å²) >= 11 is 1.34. The average Bonchev–Trinajstić information content (AvgIpc) is 2.89. The second-order valence-electron chi connectivity index (χ2n) is 5.06. The number of aromatic nitrogens is 2.